The van der Waals surface area contributed by atoms with Gasteiger partial charge in [0.15, 0.2) is 0 Å². The minimum Gasteiger partial charge on any atom is -0.341 e. The number of rotatable bonds is 4. The van der Waals surface area contributed by atoms with Gasteiger partial charge in [0.2, 0.25) is 5.91 Å². The monoisotopic (exact) mass is 324 g/mol. The van der Waals surface area contributed by atoms with Gasteiger partial charge in [-0.2, -0.15) is 5.10 Å². The van der Waals surface area contributed by atoms with Gasteiger partial charge in [-0.1, -0.05) is 24.3 Å². The smallest absolute Gasteiger partial charge is 0.226 e. The molecule has 126 valence electrons. The van der Waals surface area contributed by atoms with Gasteiger partial charge in [-0.05, 0) is 30.4 Å². The Kier molecular flexibility index (Phi) is 3.88. The van der Waals surface area contributed by atoms with Gasteiger partial charge in [0.25, 0.3) is 0 Å². The largest absolute Gasteiger partial charge is 0.341 e. The Morgan fingerprint density at radius 3 is 3.08 bits per heavy atom. The van der Waals surface area contributed by atoms with E-state index in [1.54, 1.807) is 0 Å². The highest BCUT2D eigenvalue weighted by molar-refractivity contribution is 5.83. The van der Waals surface area contributed by atoms with Crippen molar-refractivity contribution in [3.05, 3.63) is 52.8 Å². The molecule has 2 atom stereocenters. The van der Waals surface area contributed by atoms with E-state index in [1.807, 2.05) is 18.1 Å². The van der Waals surface area contributed by atoms with Crippen molar-refractivity contribution < 1.29 is 4.79 Å². The Morgan fingerprint density at radius 2 is 2.25 bits per heavy atom. The Labute approximate surface area is 142 Å². The van der Waals surface area contributed by atoms with E-state index in [-0.39, 0.29) is 11.8 Å². The summed E-state index contributed by atoms with van der Waals surface area (Å²) in [6.07, 6.45) is 2.89. The van der Waals surface area contributed by atoms with Gasteiger partial charge in [-0.3, -0.25) is 9.48 Å². The summed E-state index contributed by atoms with van der Waals surface area (Å²) < 4.78 is 2.05. The Balaban J connectivity index is 1.42. The van der Waals surface area contributed by atoms with Gasteiger partial charge < -0.3 is 10.2 Å². The maximum Gasteiger partial charge on any atom is 0.226 e. The summed E-state index contributed by atoms with van der Waals surface area (Å²) in [6.45, 7) is 5.48. The number of hydrogen-bond donors (Lipinski definition) is 1. The molecule has 1 aromatic carbocycles. The number of hydrogen-bond acceptors (Lipinski definition) is 3. The van der Waals surface area contributed by atoms with E-state index in [2.05, 4.69) is 46.3 Å². The molecule has 5 nitrogen and oxygen atoms in total. The van der Waals surface area contributed by atoms with Crippen LogP contribution in [0, 0.1) is 12.8 Å². The SMILES string of the molecule is Cc1ccccc1[C@@H]1C[C@H]1C(=O)N(C)Cc1cnn2c1CNCC2. The van der Waals surface area contributed by atoms with Gasteiger partial charge in [-0.25, -0.2) is 0 Å². The third kappa shape index (κ3) is 2.73. The first-order valence-corrected chi connectivity index (χ1v) is 8.70. The number of benzene rings is 1. The topological polar surface area (TPSA) is 50.2 Å². The van der Waals surface area contributed by atoms with Crippen molar-refractivity contribution >= 4 is 5.91 Å². The van der Waals surface area contributed by atoms with Gasteiger partial charge in [0, 0.05) is 38.2 Å². The summed E-state index contributed by atoms with van der Waals surface area (Å²) in [6, 6.07) is 8.41. The second kappa shape index (κ2) is 6.06. The van der Waals surface area contributed by atoms with Crippen molar-refractivity contribution in [2.45, 2.75) is 38.9 Å². The quantitative estimate of drug-likeness (QED) is 0.936. The number of amides is 1. The van der Waals surface area contributed by atoms with Gasteiger partial charge >= 0.3 is 0 Å². The molecule has 0 saturated heterocycles. The Bertz CT molecular complexity index is 766. The van der Waals surface area contributed by atoms with Crippen molar-refractivity contribution in [1.29, 1.82) is 0 Å². The van der Waals surface area contributed by atoms with E-state index >= 15 is 0 Å². The molecule has 1 aliphatic carbocycles. The number of fused-ring (bicyclic) bond motifs is 1. The number of nitrogens with zero attached hydrogens (tertiary/aromatic N) is 3. The lowest BCUT2D eigenvalue weighted by molar-refractivity contribution is -0.131. The summed E-state index contributed by atoms with van der Waals surface area (Å²) >= 11 is 0. The maximum atomic E-state index is 12.8. The van der Waals surface area contributed by atoms with Crippen LogP contribution in [0.4, 0.5) is 0 Å². The molecule has 1 amide bonds. The lowest BCUT2D eigenvalue weighted by Crippen LogP contribution is -2.31. The van der Waals surface area contributed by atoms with Crippen molar-refractivity contribution in [2.75, 3.05) is 13.6 Å². The lowest BCUT2D eigenvalue weighted by Gasteiger charge is -2.20. The van der Waals surface area contributed by atoms with Gasteiger partial charge in [-0.15, -0.1) is 0 Å². The third-order valence-electron chi connectivity index (χ3n) is 5.31. The Hall–Kier alpha value is -2.14. The fraction of sp³-hybridized carbons (Fsp3) is 0.474. The molecule has 0 radical (unpaired) electrons. The number of nitrogens with one attached hydrogen (secondary N) is 1. The molecule has 4 rings (SSSR count). The van der Waals surface area contributed by atoms with Crippen LogP contribution in [0.3, 0.4) is 0 Å². The number of carbonyl (C=O) groups excluding carboxylic acids is 1. The molecule has 1 fully saturated rings. The zero-order valence-corrected chi connectivity index (χ0v) is 14.3. The second-order valence-corrected chi connectivity index (χ2v) is 7.02. The molecule has 1 N–H and O–H groups in total. The van der Waals surface area contributed by atoms with Crippen LogP contribution in [0.2, 0.25) is 0 Å². The molecule has 1 aliphatic heterocycles. The molecular formula is C19H24N4O. The standard InChI is InChI=1S/C19H24N4O/c1-13-5-3-4-6-15(13)16-9-17(16)19(24)22(2)12-14-10-21-23-8-7-20-11-18(14)23/h3-6,10,16-17,20H,7-9,11-12H2,1-2H3/t16-,17+/m0/s1. The van der Waals surface area contributed by atoms with Crippen LogP contribution in [0.25, 0.3) is 0 Å². The molecule has 24 heavy (non-hydrogen) atoms. The molecular weight excluding hydrogens is 300 g/mol. The molecule has 0 bridgehead atoms. The molecule has 2 heterocycles. The fourth-order valence-electron chi connectivity index (χ4n) is 3.80. The number of aryl methyl sites for hydroxylation is 1. The third-order valence-corrected chi connectivity index (χ3v) is 5.31. The highest BCUT2D eigenvalue weighted by atomic mass is 16.2. The minimum absolute atomic E-state index is 0.139. The van der Waals surface area contributed by atoms with Crippen LogP contribution in [0.1, 0.15) is 34.7 Å². The highest BCUT2D eigenvalue weighted by Gasteiger charge is 2.45. The predicted octanol–water partition coefficient (Wildman–Crippen LogP) is 2.06. The second-order valence-electron chi connectivity index (χ2n) is 7.02. The van der Waals surface area contributed by atoms with Gasteiger partial charge in [0.05, 0.1) is 18.4 Å². The van der Waals surface area contributed by atoms with E-state index < -0.39 is 0 Å². The Morgan fingerprint density at radius 1 is 1.42 bits per heavy atom. The first-order valence-electron chi connectivity index (χ1n) is 8.70. The van der Waals surface area contributed by atoms with Crippen molar-refractivity contribution in [3.8, 4) is 0 Å². The zero-order valence-electron chi connectivity index (χ0n) is 14.3. The van der Waals surface area contributed by atoms with E-state index in [1.165, 1.54) is 16.8 Å². The highest BCUT2D eigenvalue weighted by Crippen LogP contribution is 2.49. The van der Waals surface area contributed by atoms with Gasteiger partial charge in [0.1, 0.15) is 0 Å². The lowest BCUT2D eigenvalue weighted by atomic mass is 10.0. The molecule has 2 aromatic rings. The summed E-state index contributed by atoms with van der Waals surface area (Å²) in [5, 5.41) is 7.82. The molecule has 5 heteroatoms. The van der Waals surface area contributed by atoms with Crippen LogP contribution in [0.15, 0.2) is 30.5 Å². The van der Waals surface area contributed by atoms with E-state index in [0.29, 0.717) is 12.5 Å². The average Bonchev–Trinajstić information content (AvgIpc) is 3.29. The van der Waals surface area contributed by atoms with Crippen LogP contribution in [-0.2, 0) is 24.4 Å². The van der Waals surface area contributed by atoms with Crippen LogP contribution < -0.4 is 5.32 Å². The predicted molar refractivity (Wildman–Crippen MR) is 92.4 cm³/mol. The summed E-state index contributed by atoms with van der Waals surface area (Å²) in [7, 11) is 1.91. The molecule has 1 aromatic heterocycles. The number of aromatic nitrogens is 2. The molecule has 2 aliphatic rings. The summed E-state index contributed by atoms with van der Waals surface area (Å²) in [5.41, 5.74) is 4.99. The zero-order chi connectivity index (χ0) is 16.7. The summed E-state index contributed by atoms with van der Waals surface area (Å²) in [4.78, 5) is 14.6. The normalized spacial score (nSPS) is 22.1. The van der Waals surface area contributed by atoms with Crippen molar-refractivity contribution in [1.82, 2.24) is 20.0 Å². The first kappa shape index (κ1) is 15.4. The van der Waals surface area contributed by atoms with Crippen LogP contribution >= 0.6 is 0 Å². The number of carbonyl (C=O) groups is 1. The van der Waals surface area contributed by atoms with Crippen LogP contribution in [0.5, 0.6) is 0 Å². The first-order chi connectivity index (χ1) is 11.6. The van der Waals surface area contributed by atoms with Crippen molar-refractivity contribution in [3.63, 3.8) is 0 Å². The average molecular weight is 324 g/mol. The summed E-state index contributed by atoms with van der Waals surface area (Å²) in [5.74, 6) is 0.788. The van der Waals surface area contributed by atoms with E-state index in [9.17, 15) is 4.79 Å². The molecule has 0 unspecified atom stereocenters. The van der Waals surface area contributed by atoms with E-state index in [4.69, 9.17) is 0 Å². The minimum atomic E-state index is 0.139. The fourth-order valence-corrected chi connectivity index (χ4v) is 3.80. The molecule has 0 spiro atoms. The van der Waals surface area contributed by atoms with Crippen LogP contribution in [-0.4, -0.2) is 34.2 Å². The maximum absolute atomic E-state index is 12.8. The van der Waals surface area contributed by atoms with Crippen molar-refractivity contribution in [2.24, 2.45) is 5.92 Å². The molecule has 1 saturated carbocycles. The van der Waals surface area contributed by atoms with E-state index in [0.717, 1.165) is 31.6 Å².